The van der Waals surface area contributed by atoms with Gasteiger partial charge in [0.2, 0.25) is 5.91 Å². The van der Waals surface area contributed by atoms with Gasteiger partial charge < -0.3 is 4.90 Å². The normalized spacial score (nSPS) is 18.0. The Morgan fingerprint density at radius 2 is 1.87 bits per heavy atom. The molecule has 1 saturated heterocycles. The van der Waals surface area contributed by atoms with E-state index in [0.29, 0.717) is 12.5 Å². The number of carbonyl (C=O) groups excluding carboxylic acids is 1. The molecule has 0 spiro atoms. The molecule has 1 amide bonds. The summed E-state index contributed by atoms with van der Waals surface area (Å²) in [5.41, 5.74) is 4.80. The highest BCUT2D eigenvalue weighted by molar-refractivity contribution is 5.79. The maximum atomic E-state index is 12.5. The summed E-state index contributed by atoms with van der Waals surface area (Å²) in [5.74, 6) is 0.264. The summed E-state index contributed by atoms with van der Waals surface area (Å²) in [6.07, 6.45) is 4.04. The van der Waals surface area contributed by atoms with E-state index in [4.69, 9.17) is 0 Å². The second-order valence-corrected chi connectivity index (χ2v) is 6.68. The van der Waals surface area contributed by atoms with Gasteiger partial charge in [-0.05, 0) is 49.8 Å². The predicted octanol–water partition coefficient (Wildman–Crippen LogP) is 4.61. The van der Waals surface area contributed by atoms with Gasteiger partial charge in [0.25, 0.3) is 0 Å². The fraction of sp³-hybridized carbons (Fsp3) is 0.381. The van der Waals surface area contributed by atoms with E-state index < -0.39 is 0 Å². The lowest BCUT2D eigenvalue weighted by Crippen LogP contribution is -2.42. The van der Waals surface area contributed by atoms with Crippen molar-refractivity contribution in [3.8, 4) is 11.1 Å². The molecule has 2 aromatic carbocycles. The lowest BCUT2D eigenvalue weighted by atomic mass is 10.00. The van der Waals surface area contributed by atoms with Gasteiger partial charge in [0.05, 0.1) is 6.42 Å². The molecule has 2 nitrogen and oxygen atoms in total. The third-order valence-corrected chi connectivity index (χ3v) is 4.78. The Kier molecular flexibility index (Phi) is 4.80. The SMILES string of the molecule is Cc1cccc(-c2ccc(CC(=O)N3CCCC[C@@H]3C)cc2)c1. The molecule has 1 heterocycles. The van der Waals surface area contributed by atoms with E-state index >= 15 is 0 Å². The molecule has 3 rings (SSSR count). The van der Waals surface area contributed by atoms with Gasteiger partial charge in [0.1, 0.15) is 0 Å². The molecular formula is C21H25NO. The van der Waals surface area contributed by atoms with Crippen LogP contribution in [0.15, 0.2) is 48.5 Å². The minimum atomic E-state index is 0.264. The lowest BCUT2D eigenvalue weighted by Gasteiger charge is -2.33. The van der Waals surface area contributed by atoms with Crippen LogP contribution in [0.4, 0.5) is 0 Å². The molecule has 1 aliphatic heterocycles. The molecule has 0 N–H and O–H groups in total. The number of benzene rings is 2. The lowest BCUT2D eigenvalue weighted by molar-refractivity contribution is -0.133. The number of likely N-dealkylation sites (tertiary alicyclic amines) is 1. The summed E-state index contributed by atoms with van der Waals surface area (Å²) in [6, 6.07) is 17.3. The Morgan fingerprint density at radius 1 is 1.09 bits per heavy atom. The zero-order chi connectivity index (χ0) is 16.2. The monoisotopic (exact) mass is 307 g/mol. The van der Waals surface area contributed by atoms with Gasteiger partial charge in [-0.2, -0.15) is 0 Å². The number of nitrogens with zero attached hydrogens (tertiary/aromatic N) is 1. The second kappa shape index (κ2) is 6.99. The summed E-state index contributed by atoms with van der Waals surface area (Å²) in [5, 5.41) is 0. The molecule has 0 unspecified atom stereocenters. The molecule has 2 aromatic rings. The van der Waals surface area contributed by atoms with Crippen LogP contribution in [0, 0.1) is 6.92 Å². The van der Waals surface area contributed by atoms with Crippen molar-refractivity contribution in [1.82, 2.24) is 4.90 Å². The highest BCUT2D eigenvalue weighted by Crippen LogP contribution is 2.22. The van der Waals surface area contributed by atoms with Crippen molar-refractivity contribution in [2.24, 2.45) is 0 Å². The minimum Gasteiger partial charge on any atom is -0.340 e. The average Bonchev–Trinajstić information content (AvgIpc) is 2.56. The number of aryl methyl sites for hydroxylation is 1. The van der Waals surface area contributed by atoms with Crippen molar-refractivity contribution < 1.29 is 4.79 Å². The average molecular weight is 307 g/mol. The number of piperidine rings is 1. The molecule has 0 aromatic heterocycles. The van der Waals surface area contributed by atoms with Crippen LogP contribution in [0.2, 0.25) is 0 Å². The van der Waals surface area contributed by atoms with E-state index in [-0.39, 0.29) is 5.91 Å². The molecule has 120 valence electrons. The number of amides is 1. The number of hydrogen-bond donors (Lipinski definition) is 0. The molecule has 0 radical (unpaired) electrons. The predicted molar refractivity (Wildman–Crippen MR) is 95.3 cm³/mol. The van der Waals surface area contributed by atoms with Crippen LogP contribution < -0.4 is 0 Å². The summed E-state index contributed by atoms with van der Waals surface area (Å²) >= 11 is 0. The van der Waals surface area contributed by atoms with Crippen LogP contribution >= 0.6 is 0 Å². The topological polar surface area (TPSA) is 20.3 Å². The Balaban J connectivity index is 1.69. The number of rotatable bonds is 3. The van der Waals surface area contributed by atoms with Crippen LogP contribution in [-0.2, 0) is 11.2 Å². The van der Waals surface area contributed by atoms with Crippen molar-refractivity contribution >= 4 is 5.91 Å². The fourth-order valence-electron chi connectivity index (χ4n) is 3.38. The summed E-state index contributed by atoms with van der Waals surface area (Å²) < 4.78 is 0. The van der Waals surface area contributed by atoms with E-state index in [1.54, 1.807) is 0 Å². The molecule has 23 heavy (non-hydrogen) atoms. The third-order valence-electron chi connectivity index (χ3n) is 4.78. The Hall–Kier alpha value is -2.09. The van der Waals surface area contributed by atoms with Crippen molar-refractivity contribution in [3.63, 3.8) is 0 Å². The second-order valence-electron chi connectivity index (χ2n) is 6.68. The smallest absolute Gasteiger partial charge is 0.227 e. The maximum Gasteiger partial charge on any atom is 0.227 e. The van der Waals surface area contributed by atoms with Crippen LogP contribution in [0.1, 0.15) is 37.3 Å². The number of carbonyl (C=O) groups is 1. The molecule has 1 fully saturated rings. The van der Waals surface area contributed by atoms with Gasteiger partial charge in [-0.15, -0.1) is 0 Å². The zero-order valence-electron chi connectivity index (χ0n) is 14.1. The fourth-order valence-corrected chi connectivity index (χ4v) is 3.38. The van der Waals surface area contributed by atoms with Crippen molar-refractivity contribution in [2.45, 2.75) is 45.6 Å². The van der Waals surface area contributed by atoms with E-state index in [2.05, 4.69) is 67.3 Å². The van der Waals surface area contributed by atoms with Crippen molar-refractivity contribution in [1.29, 1.82) is 0 Å². The van der Waals surface area contributed by atoms with Crippen molar-refractivity contribution in [2.75, 3.05) is 6.54 Å². The molecule has 0 aliphatic carbocycles. The van der Waals surface area contributed by atoms with E-state index in [1.165, 1.54) is 23.1 Å². The third kappa shape index (κ3) is 3.82. The standard InChI is InChI=1S/C21H25NO/c1-16-6-5-8-20(14-16)19-11-9-18(10-12-19)15-21(23)22-13-4-3-7-17(22)2/h5-6,8-12,14,17H,3-4,7,13,15H2,1-2H3/t17-/m0/s1. The van der Waals surface area contributed by atoms with E-state index in [9.17, 15) is 4.79 Å². The van der Waals surface area contributed by atoms with Gasteiger partial charge >= 0.3 is 0 Å². The highest BCUT2D eigenvalue weighted by atomic mass is 16.2. The first-order chi connectivity index (χ1) is 11.1. The van der Waals surface area contributed by atoms with Gasteiger partial charge in [-0.25, -0.2) is 0 Å². The molecule has 2 heteroatoms. The Bertz CT molecular complexity index is 674. The molecule has 0 saturated carbocycles. The molecule has 1 aliphatic rings. The largest absolute Gasteiger partial charge is 0.340 e. The Morgan fingerprint density at radius 3 is 2.57 bits per heavy atom. The van der Waals surface area contributed by atoms with Gasteiger partial charge in [-0.3, -0.25) is 4.79 Å². The first-order valence-electron chi connectivity index (χ1n) is 8.59. The quantitative estimate of drug-likeness (QED) is 0.811. The number of hydrogen-bond acceptors (Lipinski definition) is 1. The zero-order valence-corrected chi connectivity index (χ0v) is 14.1. The van der Waals surface area contributed by atoms with Crippen LogP contribution in [0.3, 0.4) is 0 Å². The van der Waals surface area contributed by atoms with Crippen LogP contribution in [0.25, 0.3) is 11.1 Å². The summed E-state index contributed by atoms with van der Waals surface area (Å²) in [4.78, 5) is 14.6. The van der Waals surface area contributed by atoms with Gasteiger partial charge in [0, 0.05) is 12.6 Å². The van der Waals surface area contributed by atoms with Gasteiger partial charge in [-0.1, -0.05) is 54.1 Å². The van der Waals surface area contributed by atoms with Crippen molar-refractivity contribution in [3.05, 3.63) is 59.7 Å². The first kappa shape index (κ1) is 15.8. The molecular weight excluding hydrogens is 282 g/mol. The van der Waals surface area contributed by atoms with Gasteiger partial charge in [0.15, 0.2) is 0 Å². The Labute approximate surface area is 139 Å². The highest BCUT2D eigenvalue weighted by Gasteiger charge is 2.22. The van der Waals surface area contributed by atoms with Crippen LogP contribution in [0.5, 0.6) is 0 Å². The molecule has 0 bridgehead atoms. The first-order valence-corrected chi connectivity index (χ1v) is 8.59. The summed E-state index contributed by atoms with van der Waals surface area (Å²) in [6.45, 7) is 5.19. The maximum absolute atomic E-state index is 12.5. The summed E-state index contributed by atoms with van der Waals surface area (Å²) in [7, 11) is 0. The minimum absolute atomic E-state index is 0.264. The van der Waals surface area contributed by atoms with E-state index in [0.717, 1.165) is 24.9 Å². The van der Waals surface area contributed by atoms with Crippen LogP contribution in [-0.4, -0.2) is 23.4 Å². The molecule has 1 atom stereocenters. The van der Waals surface area contributed by atoms with E-state index in [1.807, 2.05) is 0 Å².